The number of carbonyl (C=O) groups is 1. The summed E-state index contributed by atoms with van der Waals surface area (Å²) in [5.74, 6) is -0.574. The van der Waals surface area contributed by atoms with Gasteiger partial charge in [0.2, 0.25) is 10.0 Å². The number of anilines is 1. The van der Waals surface area contributed by atoms with E-state index in [-0.39, 0.29) is 6.54 Å². The number of hydrogen-bond acceptors (Lipinski definition) is 4. The Balaban J connectivity index is 2.11. The molecule has 0 aromatic heterocycles. The first-order chi connectivity index (χ1) is 12.6. The fourth-order valence-corrected chi connectivity index (χ4v) is 3.37. The molecule has 1 amide bonds. The lowest BCUT2D eigenvalue weighted by Gasteiger charge is -2.22. The van der Waals surface area contributed by atoms with E-state index in [2.05, 4.69) is 10.5 Å². The monoisotopic (exact) mass is 427 g/mol. The second-order valence-corrected chi connectivity index (χ2v) is 8.73. The largest absolute Gasteiger partial charge is 0.271 e. The molecule has 0 aliphatic carbocycles. The van der Waals surface area contributed by atoms with Crippen molar-refractivity contribution in [2.45, 2.75) is 13.8 Å². The number of nitrogens with one attached hydrogen (secondary N) is 1. The zero-order chi connectivity index (χ0) is 20.2. The molecule has 0 saturated heterocycles. The average molecular weight is 428 g/mol. The van der Waals surface area contributed by atoms with E-state index in [4.69, 9.17) is 23.2 Å². The van der Waals surface area contributed by atoms with Crippen LogP contribution in [0.5, 0.6) is 0 Å². The van der Waals surface area contributed by atoms with Crippen LogP contribution >= 0.6 is 23.2 Å². The highest BCUT2D eigenvalue weighted by molar-refractivity contribution is 7.92. The van der Waals surface area contributed by atoms with Gasteiger partial charge in [0.05, 0.1) is 28.2 Å². The van der Waals surface area contributed by atoms with Crippen LogP contribution in [0.2, 0.25) is 10.0 Å². The SMILES string of the molecule is Cc1ccc(N(CC(=O)N/N=C\c2ccc(Cl)c(Cl)c2)S(C)(=O)=O)cc1C. The number of nitrogens with zero attached hydrogens (tertiary/aromatic N) is 2. The molecule has 0 heterocycles. The standard InChI is InChI=1S/C18H19Cl2N3O3S/c1-12-4-6-15(8-13(12)2)23(27(3,25)26)11-18(24)22-21-10-14-5-7-16(19)17(20)9-14/h4-10H,11H2,1-3H3,(H,22,24)/b21-10-. The fraction of sp³-hybridized carbons (Fsp3) is 0.222. The lowest BCUT2D eigenvalue weighted by atomic mass is 10.1. The first kappa shape index (κ1) is 21.2. The Morgan fingerprint density at radius 2 is 1.81 bits per heavy atom. The van der Waals surface area contributed by atoms with Crippen LogP contribution in [0.3, 0.4) is 0 Å². The number of benzene rings is 2. The van der Waals surface area contributed by atoms with Crippen molar-refractivity contribution in [3.63, 3.8) is 0 Å². The van der Waals surface area contributed by atoms with Crippen molar-refractivity contribution in [1.82, 2.24) is 5.43 Å². The maximum Gasteiger partial charge on any atom is 0.260 e. The number of sulfonamides is 1. The maximum atomic E-state index is 12.2. The first-order valence-corrected chi connectivity index (χ1v) is 10.5. The number of halogens is 2. The number of carbonyl (C=O) groups excluding carboxylic acids is 1. The van der Waals surface area contributed by atoms with Crippen LogP contribution < -0.4 is 9.73 Å². The molecule has 0 aliphatic heterocycles. The van der Waals surface area contributed by atoms with Crippen LogP contribution in [0.25, 0.3) is 0 Å². The first-order valence-electron chi connectivity index (χ1n) is 7.90. The third kappa shape index (κ3) is 5.95. The Labute approximate surface area is 168 Å². The minimum Gasteiger partial charge on any atom is -0.271 e. The summed E-state index contributed by atoms with van der Waals surface area (Å²) in [6.45, 7) is 3.41. The summed E-state index contributed by atoms with van der Waals surface area (Å²) in [6.07, 6.45) is 2.44. The molecule has 2 aromatic rings. The molecule has 27 heavy (non-hydrogen) atoms. The minimum atomic E-state index is -3.64. The quantitative estimate of drug-likeness (QED) is 0.565. The van der Waals surface area contributed by atoms with Gasteiger partial charge in [-0.2, -0.15) is 5.10 Å². The van der Waals surface area contributed by atoms with Crippen molar-refractivity contribution in [1.29, 1.82) is 0 Å². The molecule has 144 valence electrons. The number of hydrogen-bond donors (Lipinski definition) is 1. The van der Waals surface area contributed by atoms with Crippen LogP contribution in [-0.2, 0) is 14.8 Å². The van der Waals surface area contributed by atoms with Crippen LogP contribution in [0.1, 0.15) is 16.7 Å². The van der Waals surface area contributed by atoms with E-state index in [1.54, 1.807) is 30.3 Å². The summed E-state index contributed by atoms with van der Waals surface area (Å²) in [6, 6.07) is 10.1. The average Bonchev–Trinajstić information content (AvgIpc) is 2.57. The number of aryl methyl sites for hydroxylation is 2. The second kappa shape index (κ2) is 8.73. The van der Waals surface area contributed by atoms with Gasteiger partial charge in [-0.15, -0.1) is 0 Å². The molecule has 0 aliphatic rings. The fourth-order valence-electron chi connectivity index (χ4n) is 2.22. The van der Waals surface area contributed by atoms with E-state index >= 15 is 0 Å². The Morgan fingerprint density at radius 1 is 1.11 bits per heavy atom. The molecule has 0 saturated carbocycles. The third-order valence-electron chi connectivity index (χ3n) is 3.81. The molecule has 0 atom stereocenters. The molecular formula is C18H19Cl2N3O3S. The highest BCUT2D eigenvalue weighted by Crippen LogP contribution is 2.22. The molecule has 6 nitrogen and oxygen atoms in total. The molecule has 0 fully saturated rings. The number of amides is 1. The van der Waals surface area contributed by atoms with Gasteiger partial charge >= 0.3 is 0 Å². The van der Waals surface area contributed by atoms with Gasteiger partial charge in [0.1, 0.15) is 6.54 Å². The molecule has 9 heteroatoms. The van der Waals surface area contributed by atoms with Gasteiger partial charge in [-0.1, -0.05) is 35.3 Å². The maximum absolute atomic E-state index is 12.2. The molecule has 0 bridgehead atoms. The van der Waals surface area contributed by atoms with E-state index in [0.29, 0.717) is 21.3 Å². The van der Waals surface area contributed by atoms with E-state index in [1.165, 1.54) is 6.21 Å². The third-order valence-corrected chi connectivity index (χ3v) is 5.69. The van der Waals surface area contributed by atoms with Crippen molar-refractivity contribution in [3.05, 3.63) is 63.1 Å². The van der Waals surface area contributed by atoms with E-state index in [9.17, 15) is 13.2 Å². The van der Waals surface area contributed by atoms with Crippen molar-refractivity contribution in [2.24, 2.45) is 5.10 Å². The second-order valence-electron chi connectivity index (χ2n) is 6.00. The van der Waals surface area contributed by atoms with Gasteiger partial charge in [-0.05, 0) is 54.8 Å². The topological polar surface area (TPSA) is 78.8 Å². The molecular weight excluding hydrogens is 409 g/mol. The van der Waals surface area contributed by atoms with Crippen molar-refractivity contribution in [3.8, 4) is 0 Å². The highest BCUT2D eigenvalue weighted by atomic mass is 35.5. The van der Waals surface area contributed by atoms with E-state index in [0.717, 1.165) is 21.7 Å². The van der Waals surface area contributed by atoms with Crippen molar-refractivity contribution >= 4 is 51.0 Å². The van der Waals surface area contributed by atoms with Crippen LogP contribution in [-0.4, -0.2) is 33.3 Å². The van der Waals surface area contributed by atoms with Gasteiger partial charge in [0.15, 0.2) is 0 Å². The number of hydrazone groups is 1. The lowest BCUT2D eigenvalue weighted by Crippen LogP contribution is -2.39. The Bertz CT molecular complexity index is 991. The predicted molar refractivity (Wildman–Crippen MR) is 110 cm³/mol. The minimum absolute atomic E-state index is 0.366. The van der Waals surface area contributed by atoms with Crippen molar-refractivity contribution in [2.75, 3.05) is 17.1 Å². The number of rotatable bonds is 6. The highest BCUT2D eigenvalue weighted by Gasteiger charge is 2.21. The zero-order valence-electron chi connectivity index (χ0n) is 15.0. The van der Waals surface area contributed by atoms with Crippen LogP contribution in [0.4, 0.5) is 5.69 Å². The Morgan fingerprint density at radius 3 is 2.41 bits per heavy atom. The van der Waals surface area contributed by atoms with E-state index < -0.39 is 15.9 Å². The predicted octanol–water partition coefficient (Wildman–Crippen LogP) is 3.53. The summed E-state index contributed by atoms with van der Waals surface area (Å²) in [7, 11) is -3.64. The molecule has 2 rings (SSSR count). The zero-order valence-corrected chi connectivity index (χ0v) is 17.4. The van der Waals surface area contributed by atoms with E-state index in [1.807, 2.05) is 19.9 Å². The molecule has 0 spiro atoms. The smallest absolute Gasteiger partial charge is 0.260 e. The Hall–Kier alpha value is -2.09. The van der Waals surface area contributed by atoms with Gasteiger partial charge in [0.25, 0.3) is 5.91 Å². The summed E-state index contributed by atoms with van der Waals surface area (Å²) < 4.78 is 25.2. The molecule has 0 unspecified atom stereocenters. The summed E-state index contributed by atoms with van der Waals surface area (Å²) in [5, 5.41) is 4.60. The molecule has 1 N–H and O–H groups in total. The van der Waals surface area contributed by atoms with Gasteiger partial charge in [0, 0.05) is 0 Å². The molecule has 0 radical (unpaired) electrons. The molecule has 2 aromatic carbocycles. The van der Waals surface area contributed by atoms with Crippen molar-refractivity contribution < 1.29 is 13.2 Å². The van der Waals surface area contributed by atoms with Gasteiger partial charge < -0.3 is 0 Å². The normalized spacial score (nSPS) is 11.6. The Kier molecular flexibility index (Phi) is 6.86. The van der Waals surface area contributed by atoms with Gasteiger partial charge in [-0.25, -0.2) is 13.8 Å². The van der Waals surface area contributed by atoms with Gasteiger partial charge in [-0.3, -0.25) is 9.10 Å². The summed E-state index contributed by atoms with van der Waals surface area (Å²) in [5.41, 5.74) is 5.33. The lowest BCUT2D eigenvalue weighted by molar-refractivity contribution is -0.119. The summed E-state index contributed by atoms with van der Waals surface area (Å²) >= 11 is 11.7. The van der Waals surface area contributed by atoms with Crippen LogP contribution in [0, 0.1) is 13.8 Å². The summed E-state index contributed by atoms with van der Waals surface area (Å²) in [4.78, 5) is 12.2. The van der Waals surface area contributed by atoms with Crippen LogP contribution in [0.15, 0.2) is 41.5 Å².